The van der Waals surface area contributed by atoms with Gasteiger partial charge in [-0.2, -0.15) is 0 Å². The predicted molar refractivity (Wildman–Crippen MR) is 83.6 cm³/mol. The molecule has 0 aromatic carbocycles. The molecule has 0 amide bonds. The quantitative estimate of drug-likeness (QED) is 0.789. The van der Waals surface area contributed by atoms with Gasteiger partial charge in [-0.3, -0.25) is 4.79 Å². The van der Waals surface area contributed by atoms with Gasteiger partial charge >= 0.3 is 0 Å². The summed E-state index contributed by atoms with van der Waals surface area (Å²) in [4.78, 5) is 15.5. The number of ether oxygens (including phenoxy) is 1. The van der Waals surface area contributed by atoms with Gasteiger partial charge in [-0.25, -0.2) is 0 Å². The van der Waals surface area contributed by atoms with E-state index in [1.165, 1.54) is 0 Å². The fourth-order valence-corrected chi connectivity index (χ4v) is 3.22. The molecule has 1 fully saturated rings. The third-order valence-electron chi connectivity index (χ3n) is 3.72. The van der Waals surface area contributed by atoms with Crippen molar-refractivity contribution in [3.8, 4) is 0 Å². The average Bonchev–Trinajstić information content (AvgIpc) is 2.69. The van der Waals surface area contributed by atoms with Crippen LogP contribution in [0.4, 0.5) is 0 Å². The Morgan fingerprint density at radius 1 is 1.55 bits per heavy atom. The SMILES string of the molecule is CCO[C@H]1CNCC[C@H]1CC(=O)c1[nH]c(C)c(Br)c1Cl. The summed E-state index contributed by atoms with van der Waals surface area (Å²) in [7, 11) is 0. The summed E-state index contributed by atoms with van der Waals surface area (Å²) in [6, 6.07) is 0. The molecule has 0 radical (unpaired) electrons. The zero-order chi connectivity index (χ0) is 14.7. The Bertz CT molecular complexity index is 488. The van der Waals surface area contributed by atoms with Crippen molar-refractivity contribution in [3.63, 3.8) is 0 Å². The highest BCUT2D eigenvalue weighted by atomic mass is 79.9. The Balaban J connectivity index is 2.07. The van der Waals surface area contributed by atoms with Crippen LogP contribution in [0.1, 0.15) is 35.9 Å². The van der Waals surface area contributed by atoms with Crippen molar-refractivity contribution in [2.45, 2.75) is 32.8 Å². The van der Waals surface area contributed by atoms with Crippen LogP contribution in [-0.2, 0) is 4.74 Å². The van der Waals surface area contributed by atoms with E-state index >= 15 is 0 Å². The molecule has 0 aliphatic carbocycles. The summed E-state index contributed by atoms with van der Waals surface area (Å²) in [5.74, 6) is 0.308. The van der Waals surface area contributed by atoms with E-state index in [2.05, 4.69) is 26.2 Å². The Labute approximate surface area is 132 Å². The molecule has 0 unspecified atom stereocenters. The van der Waals surface area contributed by atoms with Crippen LogP contribution in [0.3, 0.4) is 0 Å². The second-order valence-electron chi connectivity index (χ2n) is 5.13. The summed E-state index contributed by atoms with van der Waals surface area (Å²) in [5.41, 5.74) is 1.38. The lowest BCUT2D eigenvalue weighted by Crippen LogP contribution is -2.43. The van der Waals surface area contributed by atoms with Gasteiger partial charge in [-0.05, 0) is 48.7 Å². The summed E-state index contributed by atoms with van der Waals surface area (Å²) in [6.07, 6.45) is 1.53. The van der Waals surface area contributed by atoms with Crippen LogP contribution in [0.2, 0.25) is 5.02 Å². The normalized spacial score (nSPS) is 23.0. The first-order valence-corrected chi connectivity index (χ1v) is 8.10. The smallest absolute Gasteiger partial charge is 0.180 e. The number of Topliss-reactive ketones (excluding diaryl/α,β-unsaturated/α-hetero) is 1. The number of aromatic amines is 1. The van der Waals surface area contributed by atoms with Crippen LogP contribution < -0.4 is 5.32 Å². The maximum absolute atomic E-state index is 12.4. The zero-order valence-electron chi connectivity index (χ0n) is 11.8. The minimum absolute atomic E-state index is 0.0559. The molecule has 0 bridgehead atoms. The molecule has 1 aliphatic heterocycles. The van der Waals surface area contributed by atoms with E-state index in [1.807, 2.05) is 13.8 Å². The maximum atomic E-state index is 12.4. The van der Waals surface area contributed by atoms with Gasteiger partial charge in [0.2, 0.25) is 0 Å². The highest BCUT2D eigenvalue weighted by molar-refractivity contribution is 9.10. The summed E-state index contributed by atoms with van der Waals surface area (Å²) >= 11 is 9.56. The molecular weight excluding hydrogens is 344 g/mol. The molecule has 2 heterocycles. The van der Waals surface area contributed by atoms with Crippen LogP contribution in [0, 0.1) is 12.8 Å². The molecule has 1 aromatic heterocycles. The molecule has 0 saturated carbocycles. The Kier molecular flexibility index (Phi) is 5.66. The number of piperidine rings is 1. The van der Waals surface area contributed by atoms with Gasteiger partial charge in [0, 0.05) is 25.3 Å². The Morgan fingerprint density at radius 2 is 2.30 bits per heavy atom. The van der Waals surface area contributed by atoms with Crippen molar-refractivity contribution in [2.24, 2.45) is 5.92 Å². The number of ketones is 1. The monoisotopic (exact) mass is 362 g/mol. The van der Waals surface area contributed by atoms with E-state index in [9.17, 15) is 4.79 Å². The molecule has 0 spiro atoms. The van der Waals surface area contributed by atoms with Crippen molar-refractivity contribution in [3.05, 3.63) is 20.9 Å². The third kappa shape index (κ3) is 3.45. The second-order valence-corrected chi connectivity index (χ2v) is 6.30. The Hall–Kier alpha value is -0.360. The molecule has 1 aliphatic rings. The topological polar surface area (TPSA) is 54.1 Å². The van der Waals surface area contributed by atoms with E-state index in [1.54, 1.807) is 0 Å². The minimum atomic E-state index is 0.0559. The molecule has 1 aromatic rings. The van der Waals surface area contributed by atoms with Gasteiger partial charge in [0.05, 0.1) is 15.6 Å². The van der Waals surface area contributed by atoms with Crippen LogP contribution in [0.15, 0.2) is 4.47 Å². The predicted octanol–water partition coefficient (Wildman–Crippen LogP) is 3.33. The lowest BCUT2D eigenvalue weighted by molar-refractivity contribution is 0.00342. The van der Waals surface area contributed by atoms with Crippen molar-refractivity contribution in [1.29, 1.82) is 0 Å². The molecular formula is C14H20BrClN2O2. The number of halogens is 2. The van der Waals surface area contributed by atoms with E-state index in [-0.39, 0.29) is 17.8 Å². The van der Waals surface area contributed by atoms with Gasteiger partial charge < -0.3 is 15.0 Å². The minimum Gasteiger partial charge on any atom is -0.377 e. The first kappa shape index (κ1) is 16.0. The number of rotatable bonds is 5. The standard InChI is InChI=1S/C14H20BrClN2O2/c1-3-20-11-7-17-5-4-9(11)6-10(19)14-13(16)12(15)8(2)18-14/h9,11,17-18H,3-7H2,1-2H3/t9-,11-/m0/s1. The number of aryl methyl sites for hydroxylation is 1. The van der Waals surface area contributed by atoms with Gasteiger partial charge in [-0.1, -0.05) is 11.6 Å². The number of hydrogen-bond acceptors (Lipinski definition) is 3. The van der Waals surface area contributed by atoms with E-state index in [4.69, 9.17) is 16.3 Å². The average molecular weight is 364 g/mol. The largest absolute Gasteiger partial charge is 0.377 e. The number of nitrogens with one attached hydrogen (secondary N) is 2. The highest BCUT2D eigenvalue weighted by Crippen LogP contribution is 2.31. The number of hydrogen-bond donors (Lipinski definition) is 2. The van der Waals surface area contributed by atoms with E-state index in [0.29, 0.717) is 23.7 Å². The lowest BCUT2D eigenvalue weighted by atomic mass is 9.89. The zero-order valence-corrected chi connectivity index (χ0v) is 14.1. The molecule has 6 heteroatoms. The molecule has 112 valence electrons. The van der Waals surface area contributed by atoms with Crippen molar-refractivity contribution in [2.75, 3.05) is 19.7 Å². The number of carbonyl (C=O) groups is 1. The Morgan fingerprint density at radius 3 is 2.90 bits per heavy atom. The van der Waals surface area contributed by atoms with Crippen molar-refractivity contribution in [1.82, 2.24) is 10.3 Å². The molecule has 20 heavy (non-hydrogen) atoms. The maximum Gasteiger partial charge on any atom is 0.180 e. The summed E-state index contributed by atoms with van der Waals surface area (Å²) in [6.45, 7) is 6.29. The first-order valence-electron chi connectivity index (χ1n) is 6.93. The van der Waals surface area contributed by atoms with Gasteiger partial charge in [0.25, 0.3) is 0 Å². The lowest BCUT2D eigenvalue weighted by Gasteiger charge is -2.31. The van der Waals surface area contributed by atoms with E-state index < -0.39 is 0 Å². The highest BCUT2D eigenvalue weighted by Gasteiger charge is 2.29. The second kappa shape index (κ2) is 7.07. The van der Waals surface area contributed by atoms with Crippen molar-refractivity contribution >= 4 is 33.3 Å². The van der Waals surface area contributed by atoms with Gasteiger partial charge in [0.1, 0.15) is 5.69 Å². The first-order chi connectivity index (χ1) is 9.54. The number of aromatic nitrogens is 1. The molecule has 2 rings (SSSR count). The van der Waals surface area contributed by atoms with Gasteiger partial charge in [0.15, 0.2) is 5.78 Å². The van der Waals surface area contributed by atoms with Crippen LogP contribution in [-0.4, -0.2) is 36.6 Å². The van der Waals surface area contributed by atoms with Crippen LogP contribution in [0.25, 0.3) is 0 Å². The van der Waals surface area contributed by atoms with E-state index in [0.717, 1.165) is 29.7 Å². The third-order valence-corrected chi connectivity index (χ3v) is 5.32. The van der Waals surface area contributed by atoms with Crippen LogP contribution in [0.5, 0.6) is 0 Å². The number of carbonyl (C=O) groups excluding carboxylic acids is 1. The van der Waals surface area contributed by atoms with Crippen molar-refractivity contribution < 1.29 is 9.53 Å². The fraction of sp³-hybridized carbons (Fsp3) is 0.643. The molecule has 2 N–H and O–H groups in total. The number of H-pyrrole nitrogens is 1. The molecule has 1 saturated heterocycles. The van der Waals surface area contributed by atoms with Gasteiger partial charge in [-0.15, -0.1) is 0 Å². The fourth-order valence-electron chi connectivity index (χ4n) is 2.63. The summed E-state index contributed by atoms with van der Waals surface area (Å²) < 4.78 is 6.50. The molecule has 2 atom stereocenters. The molecule has 4 nitrogen and oxygen atoms in total. The summed E-state index contributed by atoms with van der Waals surface area (Å²) in [5, 5.41) is 3.79. The van der Waals surface area contributed by atoms with Crippen LogP contribution >= 0.6 is 27.5 Å².